The van der Waals surface area contributed by atoms with Crippen LogP contribution in [0.1, 0.15) is 23.3 Å². The molecule has 0 radical (unpaired) electrons. The van der Waals surface area contributed by atoms with Gasteiger partial charge in [-0.15, -0.1) is 0 Å². The molecular weight excluding hydrogens is 316 g/mol. The van der Waals surface area contributed by atoms with E-state index in [1.54, 1.807) is 48.5 Å². The number of nitriles is 2. The molecular formula is C17H13ClN2O3. The van der Waals surface area contributed by atoms with E-state index in [0.717, 1.165) is 0 Å². The fourth-order valence-electron chi connectivity index (χ4n) is 2.39. The molecule has 0 heterocycles. The van der Waals surface area contributed by atoms with Gasteiger partial charge in [0.05, 0.1) is 25.0 Å². The van der Waals surface area contributed by atoms with Crippen molar-refractivity contribution in [3.8, 4) is 29.0 Å². The molecule has 6 heteroatoms. The summed E-state index contributed by atoms with van der Waals surface area (Å²) in [5.41, 5.74) is 2.02. The smallest absolute Gasteiger partial charge is 0.190 e. The molecule has 2 atom stereocenters. The van der Waals surface area contributed by atoms with Crippen molar-refractivity contribution in [3.05, 3.63) is 53.6 Å². The molecule has 1 N–H and O–H groups in total. The Labute approximate surface area is 139 Å². The Morgan fingerprint density at radius 3 is 2.35 bits per heavy atom. The first kappa shape index (κ1) is 16.8. The fraction of sp³-hybridized carbons (Fsp3) is 0.176. The van der Waals surface area contributed by atoms with Crippen molar-refractivity contribution in [1.29, 1.82) is 10.5 Å². The minimum absolute atomic E-state index is 0.380. The number of hydrogen-bond donors (Lipinski definition) is 1. The van der Waals surface area contributed by atoms with Gasteiger partial charge in [-0.25, -0.2) is 0 Å². The van der Waals surface area contributed by atoms with Crippen LogP contribution in [0.25, 0.3) is 11.1 Å². The highest BCUT2D eigenvalue weighted by atomic mass is 35.5. The zero-order valence-corrected chi connectivity index (χ0v) is 13.0. The summed E-state index contributed by atoms with van der Waals surface area (Å²) in [5, 5.41) is 28.3. The zero-order chi connectivity index (χ0) is 16.8. The van der Waals surface area contributed by atoms with Crippen LogP contribution in [-0.2, 0) is 4.29 Å². The van der Waals surface area contributed by atoms with E-state index in [1.165, 1.54) is 7.11 Å². The standard InChI is InChI=1S/C17H13ClN2O3/c1-22-15-8-4-7-13(14(21)9-19)17(15)12-6-3-2-5-11(12)16(10-20)23-18/h2-8,14,16,21H,1H3. The van der Waals surface area contributed by atoms with Crippen LogP contribution in [0.2, 0.25) is 0 Å². The van der Waals surface area contributed by atoms with Gasteiger partial charge in [-0.2, -0.15) is 10.5 Å². The maximum absolute atomic E-state index is 10.00. The molecule has 0 bridgehead atoms. The van der Waals surface area contributed by atoms with Gasteiger partial charge in [-0.3, -0.25) is 4.29 Å². The van der Waals surface area contributed by atoms with E-state index >= 15 is 0 Å². The van der Waals surface area contributed by atoms with Crippen LogP contribution in [0.5, 0.6) is 5.75 Å². The van der Waals surface area contributed by atoms with Crippen LogP contribution in [0.4, 0.5) is 0 Å². The average Bonchev–Trinajstić information content (AvgIpc) is 2.61. The Morgan fingerprint density at radius 2 is 1.74 bits per heavy atom. The second-order valence-electron chi connectivity index (χ2n) is 4.64. The number of aliphatic hydroxyl groups is 1. The molecule has 2 aromatic carbocycles. The second-order valence-corrected chi connectivity index (χ2v) is 4.82. The average molecular weight is 329 g/mol. The summed E-state index contributed by atoms with van der Waals surface area (Å²) in [6.07, 6.45) is -2.32. The van der Waals surface area contributed by atoms with Gasteiger partial charge in [0.25, 0.3) is 0 Å². The maximum atomic E-state index is 10.00. The molecule has 0 spiro atoms. The van der Waals surface area contributed by atoms with Crippen molar-refractivity contribution in [2.24, 2.45) is 0 Å². The van der Waals surface area contributed by atoms with Crippen LogP contribution in [0.3, 0.4) is 0 Å². The van der Waals surface area contributed by atoms with Crippen molar-refractivity contribution in [2.75, 3.05) is 7.11 Å². The first-order chi connectivity index (χ1) is 11.2. The number of benzene rings is 2. The molecule has 0 aromatic heterocycles. The van der Waals surface area contributed by atoms with Crippen LogP contribution >= 0.6 is 11.9 Å². The number of halogens is 1. The lowest BCUT2D eigenvalue weighted by molar-refractivity contribution is 0.236. The molecule has 0 aliphatic carbocycles. The van der Waals surface area contributed by atoms with E-state index in [4.69, 9.17) is 26.2 Å². The number of ether oxygens (including phenoxy) is 1. The minimum Gasteiger partial charge on any atom is -0.496 e. The Hall–Kier alpha value is -2.57. The summed E-state index contributed by atoms with van der Waals surface area (Å²) >= 11 is 5.41. The normalized spacial score (nSPS) is 12.7. The van der Waals surface area contributed by atoms with Crippen LogP contribution in [0, 0.1) is 22.7 Å². The number of methoxy groups -OCH3 is 1. The van der Waals surface area contributed by atoms with Gasteiger partial charge in [-0.1, -0.05) is 36.4 Å². The third-order valence-electron chi connectivity index (χ3n) is 3.41. The number of hydrogen-bond acceptors (Lipinski definition) is 5. The summed E-state index contributed by atoms with van der Waals surface area (Å²) < 4.78 is 10.1. The van der Waals surface area contributed by atoms with E-state index in [2.05, 4.69) is 0 Å². The maximum Gasteiger partial charge on any atom is 0.190 e. The summed E-state index contributed by atoms with van der Waals surface area (Å²) in [6.45, 7) is 0. The lowest BCUT2D eigenvalue weighted by atomic mass is 9.90. The van der Waals surface area contributed by atoms with Gasteiger partial charge in [0.2, 0.25) is 0 Å². The van der Waals surface area contributed by atoms with Gasteiger partial charge in [0.1, 0.15) is 11.8 Å². The second kappa shape index (κ2) is 7.62. The molecule has 23 heavy (non-hydrogen) atoms. The van der Waals surface area contributed by atoms with Crippen LogP contribution in [0.15, 0.2) is 42.5 Å². The number of nitrogens with zero attached hydrogens (tertiary/aromatic N) is 2. The van der Waals surface area contributed by atoms with Gasteiger partial charge in [0.15, 0.2) is 12.2 Å². The Kier molecular flexibility index (Phi) is 5.56. The molecule has 0 fully saturated rings. The van der Waals surface area contributed by atoms with Crippen molar-refractivity contribution in [3.63, 3.8) is 0 Å². The van der Waals surface area contributed by atoms with Crippen molar-refractivity contribution in [2.45, 2.75) is 12.2 Å². The fourth-order valence-corrected chi connectivity index (χ4v) is 2.53. The Balaban J connectivity index is 2.78. The molecule has 5 nitrogen and oxygen atoms in total. The van der Waals surface area contributed by atoms with Gasteiger partial charge >= 0.3 is 0 Å². The van der Waals surface area contributed by atoms with Crippen LogP contribution in [-0.4, -0.2) is 12.2 Å². The van der Waals surface area contributed by atoms with Gasteiger partial charge in [0, 0.05) is 16.7 Å². The van der Waals surface area contributed by atoms with Gasteiger partial charge < -0.3 is 9.84 Å². The summed E-state index contributed by atoms with van der Waals surface area (Å²) in [5.74, 6) is 0.468. The Morgan fingerprint density at radius 1 is 1.04 bits per heavy atom. The summed E-state index contributed by atoms with van der Waals surface area (Å²) in [6, 6.07) is 15.7. The van der Waals surface area contributed by atoms with Gasteiger partial charge in [-0.05, 0) is 11.6 Å². The van der Waals surface area contributed by atoms with E-state index < -0.39 is 12.2 Å². The third kappa shape index (κ3) is 3.28. The summed E-state index contributed by atoms with van der Waals surface area (Å²) in [4.78, 5) is 0. The number of rotatable bonds is 5. The highest BCUT2D eigenvalue weighted by Gasteiger charge is 2.23. The van der Waals surface area contributed by atoms with Crippen molar-refractivity contribution < 1.29 is 14.1 Å². The van der Waals surface area contributed by atoms with E-state index in [0.29, 0.717) is 28.0 Å². The Bertz CT molecular complexity index is 780. The largest absolute Gasteiger partial charge is 0.496 e. The lowest BCUT2D eigenvalue weighted by Crippen LogP contribution is -2.04. The molecule has 0 amide bonds. The lowest BCUT2D eigenvalue weighted by Gasteiger charge is -2.18. The monoisotopic (exact) mass is 328 g/mol. The third-order valence-corrected chi connectivity index (χ3v) is 3.59. The SMILES string of the molecule is COc1cccc(C(O)C#N)c1-c1ccccc1C(C#N)OCl. The van der Waals surface area contributed by atoms with Crippen molar-refractivity contribution in [1.82, 2.24) is 0 Å². The van der Waals surface area contributed by atoms with E-state index in [9.17, 15) is 10.4 Å². The molecule has 0 saturated heterocycles. The molecule has 2 unspecified atom stereocenters. The molecule has 116 valence electrons. The number of aliphatic hydroxyl groups excluding tert-OH is 1. The van der Waals surface area contributed by atoms with Crippen LogP contribution < -0.4 is 4.74 Å². The first-order valence-electron chi connectivity index (χ1n) is 6.68. The highest BCUT2D eigenvalue weighted by Crippen LogP contribution is 2.40. The predicted molar refractivity (Wildman–Crippen MR) is 84.3 cm³/mol. The summed E-state index contributed by atoms with van der Waals surface area (Å²) in [7, 11) is 1.49. The molecule has 0 aliphatic heterocycles. The van der Waals surface area contributed by atoms with E-state index in [-0.39, 0.29) is 0 Å². The molecule has 2 rings (SSSR count). The highest BCUT2D eigenvalue weighted by molar-refractivity contribution is 6.07. The molecule has 2 aromatic rings. The van der Waals surface area contributed by atoms with E-state index in [1.807, 2.05) is 6.07 Å². The topological polar surface area (TPSA) is 86.3 Å². The quantitative estimate of drug-likeness (QED) is 0.846. The minimum atomic E-state index is -1.33. The zero-order valence-electron chi connectivity index (χ0n) is 12.2. The van der Waals surface area contributed by atoms with Crippen molar-refractivity contribution >= 4 is 11.9 Å². The first-order valence-corrected chi connectivity index (χ1v) is 6.99. The molecule has 0 saturated carbocycles. The molecule has 0 aliphatic rings. The predicted octanol–water partition coefficient (Wildman–Crippen LogP) is 3.65.